The van der Waals surface area contributed by atoms with Crippen LogP contribution < -0.4 is 0 Å². The van der Waals surface area contributed by atoms with Crippen LogP contribution in [-0.2, 0) is 19.0 Å². The number of aliphatic hydroxyl groups is 4. The second kappa shape index (κ2) is 30.8. The average Bonchev–Trinajstić information content (AvgIpc) is 3.25. The number of aliphatic hydroxyl groups excluding tert-OH is 4. The number of carbonyl (C=O) groups is 1. The summed E-state index contributed by atoms with van der Waals surface area (Å²) in [7, 11) is 0. The minimum Gasteiger partial charge on any atom is -0.457 e. The van der Waals surface area contributed by atoms with Crippen molar-refractivity contribution in [3.63, 3.8) is 0 Å². The molecule has 49 heavy (non-hydrogen) atoms. The number of unbranched alkanes of at least 4 members (excludes halogenated alkanes) is 18. The van der Waals surface area contributed by atoms with E-state index in [0.717, 1.165) is 43.9 Å². The Balaban J connectivity index is 2.23. The molecule has 1 aliphatic rings. The van der Waals surface area contributed by atoms with Gasteiger partial charge in [-0.05, 0) is 24.7 Å². The van der Waals surface area contributed by atoms with Crippen molar-refractivity contribution in [1.29, 1.82) is 0 Å². The first-order chi connectivity index (χ1) is 23.7. The molecule has 8 nitrogen and oxygen atoms in total. The maximum absolute atomic E-state index is 12.7. The smallest absolute Gasteiger partial charge is 0.306 e. The first-order valence-corrected chi connectivity index (χ1v) is 20.8. The standard InChI is InChI=1S/C41H80O8/c1-5-6-7-22-27-34(4)28-23-18-14-12-16-20-25-30-47-31-35(32-48-41-39(45)37(43)38(44)40(41)46)49-36(42)29-24-19-15-11-9-8-10-13-17-21-26-33(2)3/h33-35,37-41,43-46H,5-32H2,1-4H3/t34?,35?,37-,38-,39+,40+/m1/s1. The van der Waals surface area contributed by atoms with Crippen molar-refractivity contribution < 1.29 is 39.4 Å². The Labute approximate surface area is 301 Å². The van der Waals surface area contributed by atoms with Gasteiger partial charge in [0.05, 0.1) is 13.2 Å². The minimum absolute atomic E-state index is 0.0984. The summed E-state index contributed by atoms with van der Waals surface area (Å²) in [6.45, 7) is 9.87. The van der Waals surface area contributed by atoms with Gasteiger partial charge in [-0.1, -0.05) is 169 Å². The number of ether oxygens (including phenoxy) is 3. The van der Waals surface area contributed by atoms with Crippen molar-refractivity contribution >= 4 is 5.97 Å². The lowest BCUT2D eigenvalue weighted by Gasteiger charge is -2.24. The fraction of sp³-hybridized carbons (Fsp3) is 0.976. The number of hydrogen-bond donors (Lipinski definition) is 4. The molecule has 1 fully saturated rings. The molecule has 0 heterocycles. The lowest BCUT2D eigenvalue weighted by atomic mass is 9.96. The Bertz CT molecular complexity index is 735. The third-order valence-electron chi connectivity index (χ3n) is 10.2. The normalized spacial score (nSPS) is 21.1. The SMILES string of the molecule is CCCCCCC(C)CCCCCCCCCOCC(COC1[C@@H](O)[C@H](O)[C@@H](O)[C@@H]1O)OC(=O)CCCCCCCCCCCCC(C)C. The van der Waals surface area contributed by atoms with Crippen molar-refractivity contribution in [2.75, 3.05) is 19.8 Å². The molecule has 1 aliphatic carbocycles. The molecule has 8 heteroatoms. The molecule has 0 aromatic carbocycles. The maximum Gasteiger partial charge on any atom is 0.306 e. The van der Waals surface area contributed by atoms with Gasteiger partial charge in [0.15, 0.2) is 0 Å². The van der Waals surface area contributed by atoms with Gasteiger partial charge in [-0.2, -0.15) is 0 Å². The summed E-state index contributed by atoms with van der Waals surface area (Å²) >= 11 is 0. The fourth-order valence-electron chi connectivity index (χ4n) is 6.87. The van der Waals surface area contributed by atoms with E-state index in [1.54, 1.807) is 0 Å². The van der Waals surface area contributed by atoms with Gasteiger partial charge >= 0.3 is 5.97 Å². The summed E-state index contributed by atoms with van der Waals surface area (Å²) in [5.74, 6) is 1.35. The van der Waals surface area contributed by atoms with Crippen molar-refractivity contribution in [2.24, 2.45) is 11.8 Å². The predicted molar refractivity (Wildman–Crippen MR) is 200 cm³/mol. The van der Waals surface area contributed by atoms with Crippen molar-refractivity contribution in [3.05, 3.63) is 0 Å². The van der Waals surface area contributed by atoms with E-state index in [-0.39, 0.29) is 19.2 Å². The molecule has 6 atom stereocenters. The van der Waals surface area contributed by atoms with E-state index >= 15 is 0 Å². The monoisotopic (exact) mass is 701 g/mol. The Morgan fingerprint density at radius 1 is 0.551 bits per heavy atom. The van der Waals surface area contributed by atoms with E-state index in [2.05, 4.69) is 27.7 Å². The van der Waals surface area contributed by atoms with Crippen LogP contribution in [0.2, 0.25) is 0 Å². The van der Waals surface area contributed by atoms with E-state index in [1.807, 2.05) is 0 Å². The van der Waals surface area contributed by atoms with Gasteiger partial charge in [-0.25, -0.2) is 0 Å². The largest absolute Gasteiger partial charge is 0.457 e. The summed E-state index contributed by atoms with van der Waals surface area (Å²) in [5, 5.41) is 40.1. The lowest BCUT2D eigenvalue weighted by molar-refractivity contribution is -0.163. The van der Waals surface area contributed by atoms with E-state index < -0.39 is 36.6 Å². The summed E-state index contributed by atoms with van der Waals surface area (Å²) < 4.78 is 17.2. The topological polar surface area (TPSA) is 126 Å². The van der Waals surface area contributed by atoms with E-state index in [1.165, 1.54) is 122 Å². The van der Waals surface area contributed by atoms with Gasteiger partial charge in [0.25, 0.3) is 0 Å². The van der Waals surface area contributed by atoms with E-state index in [9.17, 15) is 25.2 Å². The highest BCUT2D eigenvalue weighted by Crippen LogP contribution is 2.25. The Hall–Kier alpha value is -0.770. The number of rotatable bonds is 34. The van der Waals surface area contributed by atoms with Gasteiger partial charge in [-0.3, -0.25) is 4.79 Å². The highest BCUT2D eigenvalue weighted by molar-refractivity contribution is 5.69. The Kier molecular flexibility index (Phi) is 29.1. The van der Waals surface area contributed by atoms with Gasteiger partial charge in [0, 0.05) is 13.0 Å². The van der Waals surface area contributed by atoms with Crippen LogP contribution in [0.25, 0.3) is 0 Å². The number of esters is 1. The third kappa shape index (κ3) is 24.2. The van der Waals surface area contributed by atoms with Crippen LogP contribution in [0.1, 0.15) is 188 Å². The van der Waals surface area contributed by atoms with Gasteiger partial charge in [0.1, 0.15) is 36.6 Å². The molecule has 0 aliphatic heterocycles. The van der Waals surface area contributed by atoms with Gasteiger partial charge in [-0.15, -0.1) is 0 Å². The summed E-state index contributed by atoms with van der Waals surface area (Å²) in [5.41, 5.74) is 0. The molecule has 0 saturated heterocycles. The van der Waals surface area contributed by atoms with Crippen molar-refractivity contribution in [2.45, 2.75) is 225 Å². The molecular formula is C41H80O8. The number of hydrogen-bond acceptors (Lipinski definition) is 8. The van der Waals surface area contributed by atoms with Crippen LogP contribution in [0.5, 0.6) is 0 Å². The summed E-state index contributed by atoms with van der Waals surface area (Å²) in [6.07, 6.45) is 22.6. The highest BCUT2D eigenvalue weighted by Gasteiger charge is 2.49. The molecule has 0 aromatic heterocycles. The van der Waals surface area contributed by atoms with Crippen molar-refractivity contribution in [1.82, 2.24) is 0 Å². The first kappa shape index (κ1) is 46.3. The third-order valence-corrected chi connectivity index (χ3v) is 10.2. The van der Waals surface area contributed by atoms with Crippen LogP contribution >= 0.6 is 0 Å². The van der Waals surface area contributed by atoms with Gasteiger partial charge in [0.2, 0.25) is 0 Å². The zero-order valence-corrected chi connectivity index (χ0v) is 32.3. The summed E-state index contributed by atoms with van der Waals surface area (Å²) in [6, 6.07) is 0. The molecule has 1 saturated carbocycles. The second-order valence-corrected chi connectivity index (χ2v) is 15.6. The van der Waals surface area contributed by atoms with Crippen LogP contribution in [0.15, 0.2) is 0 Å². The molecule has 2 unspecified atom stereocenters. The van der Waals surface area contributed by atoms with E-state index in [0.29, 0.717) is 13.0 Å². The lowest BCUT2D eigenvalue weighted by Crippen LogP contribution is -2.39. The predicted octanol–water partition coefficient (Wildman–Crippen LogP) is 8.82. The zero-order valence-electron chi connectivity index (χ0n) is 32.3. The molecule has 0 radical (unpaired) electrons. The van der Waals surface area contributed by atoms with Crippen LogP contribution in [-0.4, -0.2) is 82.8 Å². The molecule has 4 N–H and O–H groups in total. The maximum atomic E-state index is 12.7. The van der Waals surface area contributed by atoms with Crippen LogP contribution in [0.3, 0.4) is 0 Å². The fourth-order valence-corrected chi connectivity index (χ4v) is 6.87. The molecule has 0 spiro atoms. The highest BCUT2D eigenvalue weighted by atomic mass is 16.6. The zero-order chi connectivity index (χ0) is 36.1. The average molecular weight is 701 g/mol. The van der Waals surface area contributed by atoms with Crippen molar-refractivity contribution in [3.8, 4) is 0 Å². The number of carbonyl (C=O) groups excluding carboxylic acids is 1. The van der Waals surface area contributed by atoms with Gasteiger partial charge < -0.3 is 34.6 Å². The molecule has 1 rings (SSSR count). The van der Waals surface area contributed by atoms with E-state index in [4.69, 9.17) is 14.2 Å². The second-order valence-electron chi connectivity index (χ2n) is 15.6. The molecule has 0 amide bonds. The quantitative estimate of drug-likeness (QED) is 0.0388. The molecule has 0 bridgehead atoms. The van der Waals surface area contributed by atoms with Crippen LogP contribution in [0.4, 0.5) is 0 Å². The minimum atomic E-state index is -1.49. The molecular weight excluding hydrogens is 620 g/mol. The molecule has 292 valence electrons. The Morgan fingerprint density at radius 3 is 1.51 bits per heavy atom. The first-order valence-electron chi connectivity index (χ1n) is 20.8. The summed E-state index contributed by atoms with van der Waals surface area (Å²) in [4.78, 5) is 12.7. The van der Waals surface area contributed by atoms with Crippen LogP contribution in [0, 0.1) is 11.8 Å². The molecule has 0 aromatic rings. The Morgan fingerprint density at radius 2 is 1.00 bits per heavy atom.